The highest BCUT2D eigenvalue weighted by Gasteiger charge is 2.45. The van der Waals surface area contributed by atoms with Crippen molar-refractivity contribution in [3.63, 3.8) is 0 Å². The number of benzene rings is 1. The normalized spacial score (nSPS) is 22.5. The summed E-state index contributed by atoms with van der Waals surface area (Å²) < 4.78 is 5.74. The average Bonchev–Trinajstić information content (AvgIpc) is 3.32. The predicted octanol–water partition coefficient (Wildman–Crippen LogP) is 5.17. The lowest BCUT2D eigenvalue weighted by atomic mass is 9.87. The van der Waals surface area contributed by atoms with E-state index in [1.54, 1.807) is 6.20 Å². The molecule has 8 heteroatoms. The molecule has 4 aromatic heterocycles. The van der Waals surface area contributed by atoms with E-state index in [0.717, 1.165) is 65.3 Å². The molecule has 8 rings (SSSR count). The second-order valence-electron chi connectivity index (χ2n) is 11.4. The number of H-pyrrole nitrogens is 1. The van der Waals surface area contributed by atoms with E-state index >= 15 is 0 Å². The third-order valence-corrected chi connectivity index (χ3v) is 9.04. The van der Waals surface area contributed by atoms with Crippen LogP contribution in [-0.2, 0) is 17.6 Å². The maximum atomic E-state index is 5.74. The summed E-state index contributed by atoms with van der Waals surface area (Å²) >= 11 is 0. The number of morpholine rings is 1. The van der Waals surface area contributed by atoms with Gasteiger partial charge in [0.1, 0.15) is 17.1 Å². The molecule has 40 heavy (non-hydrogen) atoms. The third kappa shape index (κ3) is 4.01. The Kier molecular flexibility index (Phi) is 5.70. The zero-order chi connectivity index (χ0) is 26.6. The Hall–Kier alpha value is -4.01. The molecule has 3 atom stereocenters. The van der Waals surface area contributed by atoms with Crippen LogP contribution in [0.4, 0.5) is 0 Å². The van der Waals surface area contributed by atoms with Crippen molar-refractivity contribution in [2.45, 2.75) is 57.2 Å². The van der Waals surface area contributed by atoms with Gasteiger partial charge in [0.25, 0.3) is 0 Å². The Morgan fingerprint density at radius 1 is 0.825 bits per heavy atom. The molecule has 0 radical (unpaired) electrons. The Morgan fingerprint density at radius 3 is 2.40 bits per heavy atom. The van der Waals surface area contributed by atoms with Gasteiger partial charge in [-0.05, 0) is 85.5 Å². The van der Waals surface area contributed by atoms with Gasteiger partial charge in [-0.15, -0.1) is 10.2 Å². The lowest BCUT2D eigenvalue weighted by molar-refractivity contribution is -0.148. The van der Waals surface area contributed by atoms with E-state index in [4.69, 9.17) is 9.72 Å². The molecule has 2 unspecified atom stereocenters. The zero-order valence-corrected chi connectivity index (χ0v) is 22.5. The first-order valence-electron chi connectivity index (χ1n) is 14.3. The molecular weight excluding hydrogens is 498 g/mol. The molecule has 2 fully saturated rings. The molecule has 1 N–H and O–H groups in total. The first-order valence-corrected chi connectivity index (χ1v) is 14.3. The van der Waals surface area contributed by atoms with Gasteiger partial charge in [-0.3, -0.25) is 15.0 Å². The summed E-state index contributed by atoms with van der Waals surface area (Å²) in [7, 11) is 0. The predicted molar refractivity (Wildman–Crippen MR) is 154 cm³/mol. The van der Waals surface area contributed by atoms with Crippen molar-refractivity contribution in [1.29, 1.82) is 0 Å². The Morgan fingerprint density at radius 2 is 1.62 bits per heavy atom. The van der Waals surface area contributed by atoms with E-state index < -0.39 is 0 Å². The summed E-state index contributed by atoms with van der Waals surface area (Å²) in [5.41, 5.74) is 10.1. The quantitative estimate of drug-likeness (QED) is 0.321. The summed E-state index contributed by atoms with van der Waals surface area (Å²) in [5, 5.41) is 17.5. The first kappa shape index (κ1) is 23.8. The maximum absolute atomic E-state index is 5.74. The molecule has 8 nitrogen and oxygen atoms in total. The van der Waals surface area contributed by atoms with Gasteiger partial charge in [-0.25, -0.2) is 4.98 Å². The number of ether oxygens (including phenoxy) is 1. The van der Waals surface area contributed by atoms with Gasteiger partial charge >= 0.3 is 0 Å². The van der Waals surface area contributed by atoms with E-state index in [2.05, 4.69) is 54.5 Å². The standard InChI is InChI=1S/C32H31N7O/c1-19-3-2-12-33-30(19)28-10-11-29(36-35-28)31-27-14-23(16-34-32(27)38-37-31)22-5-4-20-6-8-24(9-7-21(20)13-22)39-25-15-26(39)18-40-17-25/h2-5,10-14,16,24-26H,6-9,15,17-18H2,1H3,(H,34,37,38)/t24-,25?,26?/m0/s1. The fraction of sp³-hybridized carbons (Fsp3) is 0.344. The molecule has 200 valence electrons. The second-order valence-corrected chi connectivity index (χ2v) is 11.4. The first-order chi connectivity index (χ1) is 19.7. The van der Waals surface area contributed by atoms with E-state index in [-0.39, 0.29) is 0 Å². The molecule has 0 spiro atoms. The van der Waals surface area contributed by atoms with Gasteiger partial charge in [0.2, 0.25) is 0 Å². The molecule has 2 bridgehead atoms. The molecular formula is C32H31N7O. The smallest absolute Gasteiger partial charge is 0.155 e. The van der Waals surface area contributed by atoms with Crippen LogP contribution in [0.5, 0.6) is 0 Å². The monoisotopic (exact) mass is 529 g/mol. The molecule has 5 aromatic rings. The van der Waals surface area contributed by atoms with Gasteiger partial charge in [-0.2, -0.15) is 5.10 Å². The molecule has 3 aliphatic rings. The van der Waals surface area contributed by atoms with Gasteiger partial charge in [-0.1, -0.05) is 24.3 Å². The molecule has 1 aromatic carbocycles. The lowest BCUT2D eigenvalue weighted by Gasteiger charge is -2.56. The van der Waals surface area contributed by atoms with Crippen LogP contribution in [0.1, 0.15) is 36.0 Å². The molecule has 6 heterocycles. The van der Waals surface area contributed by atoms with Crippen molar-refractivity contribution >= 4 is 11.0 Å². The minimum Gasteiger partial charge on any atom is -0.378 e. The fourth-order valence-corrected chi connectivity index (χ4v) is 6.93. The van der Waals surface area contributed by atoms with Crippen LogP contribution in [0.2, 0.25) is 0 Å². The maximum Gasteiger partial charge on any atom is 0.155 e. The topological polar surface area (TPSA) is 92.7 Å². The Labute approximate surface area is 232 Å². The van der Waals surface area contributed by atoms with Crippen molar-refractivity contribution in [3.8, 4) is 33.9 Å². The fourth-order valence-electron chi connectivity index (χ4n) is 6.93. The average molecular weight is 530 g/mol. The molecule has 2 aliphatic heterocycles. The van der Waals surface area contributed by atoms with Crippen LogP contribution in [-0.4, -0.2) is 66.6 Å². The minimum absolute atomic E-state index is 0.641. The van der Waals surface area contributed by atoms with Gasteiger partial charge in [0.15, 0.2) is 5.65 Å². The number of aromatic nitrogens is 6. The van der Waals surface area contributed by atoms with E-state index in [1.807, 2.05) is 37.4 Å². The summed E-state index contributed by atoms with van der Waals surface area (Å²) in [5.74, 6) is 0. The van der Waals surface area contributed by atoms with Crippen molar-refractivity contribution in [2.75, 3.05) is 13.2 Å². The van der Waals surface area contributed by atoms with Crippen molar-refractivity contribution in [3.05, 3.63) is 77.6 Å². The number of nitrogens with zero attached hydrogens (tertiary/aromatic N) is 6. The van der Waals surface area contributed by atoms with Gasteiger partial charge in [0, 0.05) is 41.5 Å². The summed E-state index contributed by atoms with van der Waals surface area (Å²) in [4.78, 5) is 11.9. The highest BCUT2D eigenvalue weighted by atomic mass is 16.5. The van der Waals surface area contributed by atoms with Crippen LogP contribution in [0.25, 0.3) is 44.9 Å². The van der Waals surface area contributed by atoms with Crippen molar-refractivity contribution < 1.29 is 4.74 Å². The van der Waals surface area contributed by atoms with Crippen LogP contribution < -0.4 is 0 Å². The number of hydrogen-bond donors (Lipinski definition) is 1. The molecule has 2 saturated heterocycles. The highest BCUT2D eigenvalue weighted by molar-refractivity contribution is 5.92. The van der Waals surface area contributed by atoms with Gasteiger partial charge < -0.3 is 4.74 Å². The SMILES string of the molecule is Cc1cccnc1-c1ccc(-c2n[nH]c3ncc(-c4ccc5c(c4)CC[C@@H](N4C6COCC4C6)CC5)cc23)nn1. The van der Waals surface area contributed by atoms with Crippen LogP contribution in [0.3, 0.4) is 0 Å². The summed E-state index contributed by atoms with van der Waals surface area (Å²) in [6.45, 7) is 3.85. The van der Waals surface area contributed by atoms with E-state index in [9.17, 15) is 0 Å². The van der Waals surface area contributed by atoms with E-state index in [1.165, 1.54) is 36.0 Å². The molecule has 1 aliphatic carbocycles. The second kappa shape index (κ2) is 9.57. The highest BCUT2D eigenvalue weighted by Crippen LogP contribution is 2.38. The number of fused-ring (bicyclic) bond motifs is 4. The Bertz CT molecular complexity index is 1700. The van der Waals surface area contributed by atoms with Gasteiger partial charge in [0.05, 0.1) is 18.9 Å². The number of pyridine rings is 2. The van der Waals surface area contributed by atoms with Crippen molar-refractivity contribution in [1.82, 2.24) is 35.3 Å². The number of aromatic amines is 1. The lowest BCUT2D eigenvalue weighted by Crippen LogP contribution is -2.66. The molecule has 0 amide bonds. The number of hydrogen-bond acceptors (Lipinski definition) is 7. The summed E-state index contributed by atoms with van der Waals surface area (Å²) in [6.07, 6.45) is 9.76. The Balaban J connectivity index is 1.06. The van der Waals surface area contributed by atoms with Crippen LogP contribution in [0, 0.1) is 6.92 Å². The largest absolute Gasteiger partial charge is 0.378 e. The summed E-state index contributed by atoms with van der Waals surface area (Å²) in [6, 6.07) is 18.9. The van der Waals surface area contributed by atoms with Crippen molar-refractivity contribution in [2.24, 2.45) is 0 Å². The van der Waals surface area contributed by atoms with Crippen LogP contribution >= 0.6 is 0 Å². The zero-order valence-electron chi connectivity index (χ0n) is 22.5. The number of rotatable bonds is 4. The van der Waals surface area contributed by atoms with E-state index in [0.29, 0.717) is 23.8 Å². The van der Waals surface area contributed by atoms with Crippen LogP contribution in [0.15, 0.2) is 60.9 Å². The molecule has 0 saturated carbocycles. The minimum atomic E-state index is 0.641. The third-order valence-electron chi connectivity index (χ3n) is 9.04. The number of nitrogens with one attached hydrogen (secondary N) is 1. The number of aryl methyl sites for hydroxylation is 3.